The molecule has 1 atom stereocenters. The van der Waals surface area contributed by atoms with Crippen LogP contribution < -0.4 is 4.74 Å². The fraction of sp³-hybridized carbons (Fsp3) is 0.310. The number of aryl methyl sites for hydroxylation is 1. The SMILES string of the molecule is C[C@]1(Cc2ccc(Cl)c(F)c2)Cc2cc(CC(=O)N(CCCc3ccccc3)CC(=O)O)ccc2O1. The van der Waals surface area contributed by atoms with Crippen molar-refractivity contribution in [1.29, 1.82) is 0 Å². The first-order valence-electron chi connectivity index (χ1n) is 12.0. The zero-order valence-electron chi connectivity index (χ0n) is 20.2. The quantitative estimate of drug-likeness (QED) is 0.391. The van der Waals surface area contributed by atoms with Gasteiger partial charge in [0.05, 0.1) is 11.4 Å². The molecule has 0 fully saturated rings. The minimum Gasteiger partial charge on any atom is -0.487 e. The second kappa shape index (κ2) is 11.1. The van der Waals surface area contributed by atoms with Gasteiger partial charge in [0.15, 0.2) is 0 Å². The first-order valence-corrected chi connectivity index (χ1v) is 12.4. The summed E-state index contributed by atoms with van der Waals surface area (Å²) in [5.74, 6) is -0.958. The average molecular weight is 510 g/mol. The molecule has 3 aromatic carbocycles. The van der Waals surface area contributed by atoms with Crippen molar-refractivity contribution in [1.82, 2.24) is 4.90 Å². The van der Waals surface area contributed by atoms with E-state index < -0.39 is 17.4 Å². The van der Waals surface area contributed by atoms with Crippen LogP contribution in [0.25, 0.3) is 0 Å². The van der Waals surface area contributed by atoms with Gasteiger partial charge < -0.3 is 14.7 Å². The number of carbonyl (C=O) groups is 2. The van der Waals surface area contributed by atoms with Crippen LogP contribution in [0.4, 0.5) is 4.39 Å². The van der Waals surface area contributed by atoms with Crippen LogP contribution in [0.5, 0.6) is 5.75 Å². The van der Waals surface area contributed by atoms with Gasteiger partial charge in [-0.25, -0.2) is 4.39 Å². The maximum Gasteiger partial charge on any atom is 0.323 e. The van der Waals surface area contributed by atoms with Crippen LogP contribution >= 0.6 is 11.6 Å². The molecule has 5 nitrogen and oxygen atoms in total. The van der Waals surface area contributed by atoms with Crippen LogP contribution in [0.1, 0.15) is 35.6 Å². The van der Waals surface area contributed by atoms with Crippen molar-refractivity contribution in [2.45, 2.75) is 44.6 Å². The molecule has 0 unspecified atom stereocenters. The second-order valence-electron chi connectivity index (χ2n) is 9.57. The van der Waals surface area contributed by atoms with Crippen molar-refractivity contribution in [3.63, 3.8) is 0 Å². The molecule has 7 heteroatoms. The number of benzene rings is 3. The van der Waals surface area contributed by atoms with Crippen LogP contribution in [0.2, 0.25) is 5.02 Å². The van der Waals surface area contributed by atoms with Crippen LogP contribution in [0.15, 0.2) is 66.7 Å². The Morgan fingerprint density at radius 1 is 1.06 bits per heavy atom. The van der Waals surface area contributed by atoms with Crippen molar-refractivity contribution in [2.24, 2.45) is 0 Å². The van der Waals surface area contributed by atoms with Gasteiger partial charge in [-0.15, -0.1) is 0 Å². The monoisotopic (exact) mass is 509 g/mol. The van der Waals surface area contributed by atoms with Crippen LogP contribution in [0, 0.1) is 5.82 Å². The number of carbonyl (C=O) groups excluding carboxylic acids is 1. The topological polar surface area (TPSA) is 66.8 Å². The lowest BCUT2D eigenvalue weighted by molar-refractivity contribution is -0.144. The van der Waals surface area contributed by atoms with Gasteiger partial charge in [0.1, 0.15) is 23.7 Å². The second-order valence-corrected chi connectivity index (χ2v) is 9.98. The van der Waals surface area contributed by atoms with Gasteiger partial charge >= 0.3 is 5.97 Å². The molecule has 0 aromatic heterocycles. The number of carboxylic acids is 1. The van der Waals surface area contributed by atoms with Gasteiger partial charge in [0.25, 0.3) is 0 Å². The van der Waals surface area contributed by atoms with Gasteiger partial charge in [-0.1, -0.05) is 60.1 Å². The van der Waals surface area contributed by atoms with Gasteiger partial charge in [-0.05, 0) is 60.2 Å². The van der Waals surface area contributed by atoms with Crippen molar-refractivity contribution >= 4 is 23.5 Å². The molecule has 4 rings (SSSR count). The van der Waals surface area contributed by atoms with Crippen molar-refractivity contribution in [3.05, 3.63) is 99.8 Å². The van der Waals surface area contributed by atoms with E-state index in [9.17, 15) is 19.1 Å². The van der Waals surface area contributed by atoms with E-state index in [2.05, 4.69) is 0 Å². The van der Waals surface area contributed by atoms with E-state index in [0.717, 1.165) is 34.4 Å². The molecule has 3 aromatic rings. The van der Waals surface area contributed by atoms with Gasteiger partial charge in [0, 0.05) is 19.4 Å². The number of ether oxygens (including phenoxy) is 1. The smallest absolute Gasteiger partial charge is 0.323 e. The average Bonchev–Trinajstić information content (AvgIpc) is 3.16. The maximum atomic E-state index is 13.9. The Hall–Kier alpha value is -3.38. The Morgan fingerprint density at radius 3 is 2.53 bits per heavy atom. The highest BCUT2D eigenvalue weighted by Crippen LogP contribution is 2.38. The Bertz CT molecular complexity index is 1250. The molecular formula is C29H29ClFNO4. The van der Waals surface area contributed by atoms with E-state index in [0.29, 0.717) is 25.8 Å². The summed E-state index contributed by atoms with van der Waals surface area (Å²) < 4.78 is 20.1. The molecule has 188 valence electrons. The Kier molecular flexibility index (Phi) is 7.94. The molecule has 0 bridgehead atoms. The van der Waals surface area contributed by atoms with Gasteiger partial charge in [-0.2, -0.15) is 0 Å². The molecule has 0 saturated heterocycles. The lowest BCUT2D eigenvalue weighted by Crippen LogP contribution is -2.37. The highest BCUT2D eigenvalue weighted by Gasteiger charge is 2.35. The number of aliphatic carboxylic acids is 1. The molecular weight excluding hydrogens is 481 g/mol. The predicted molar refractivity (Wildman–Crippen MR) is 137 cm³/mol. The van der Waals surface area contributed by atoms with E-state index >= 15 is 0 Å². The van der Waals surface area contributed by atoms with E-state index in [1.54, 1.807) is 12.1 Å². The third-order valence-electron chi connectivity index (χ3n) is 6.38. The lowest BCUT2D eigenvalue weighted by Gasteiger charge is -2.24. The number of fused-ring (bicyclic) bond motifs is 1. The molecule has 1 amide bonds. The Labute approximate surface area is 215 Å². The minimum atomic E-state index is -1.03. The third-order valence-corrected chi connectivity index (χ3v) is 6.68. The maximum absolute atomic E-state index is 13.9. The largest absolute Gasteiger partial charge is 0.487 e. The predicted octanol–water partition coefficient (Wildman–Crippen LogP) is 5.50. The summed E-state index contributed by atoms with van der Waals surface area (Å²) in [6.07, 6.45) is 2.70. The molecule has 36 heavy (non-hydrogen) atoms. The fourth-order valence-electron chi connectivity index (χ4n) is 4.73. The Balaban J connectivity index is 1.38. The summed E-state index contributed by atoms with van der Waals surface area (Å²) in [7, 11) is 0. The molecule has 1 aliphatic rings. The number of amides is 1. The summed E-state index contributed by atoms with van der Waals surface area (Å²) in [6.45, 7) is 2.03. The number of halogens is 2. The first kappa shape index (κ1) is 25.7. The molecule has 0 saturated carbocycles. The molecule has 1 N–H and O–H groups in total. The summed E-state index contributed by atoms with van der Waals surface area (Å²) in [4.78, 5) is 25.8. The molecule has 1 heterocycles. The Morgan fingerprint density at radius 2 is 1.81 bits per heavy atom. The van der Waals surface area contributed by atoms with Crippen molar-refractivity contribution in [2.75, 3.05) is 13.1 Å². The zero-order chi connectivity index (χ0) is 25.7. The van der Waals surface area contributed by atoms with Crippen LogP contribution in [-0.4, -0.2) is 40.6 Å². The van der Waals surface area contributed by atoms with E-state index in [4.69, 9.17) is 16.3 Å². The number of nitrogens with zero attached hydrogens (tertiary/aromatic N) is 1. The van der Waals surface area contributed by atoms with E-state index in [-0.39, 0.29) is 23.9 Å². The van der Waals surface area contributed by atoms with E-state index in [1.807, 2.05) is 55.5 Å². The summed E-state index contributed by atoms with van der Waals surface area (Å²) in [5, 5.41) is 9.40. The summed E-state index contributed by atoms with van der Waals surface area (Å²) in [6, 6.07) is 20.3. The minimum absolute atomic E-state index is 0.0887. The highest BCUT2D eigenvalue weighted by atomic mass is 35.5. The van der Waals surface area contributed by atoms with Crippen molar-refractivity contribution in [3.8, 4) is 5.75 Å². The van der Waals surface area contributed by atoms with Crippen molar-refractivity contribution < 1.29 is 23.8 Å². The highest BCUT2D eigenvalue weighted by molar-refractivity contribution is 6.30. The number of hydrogen-bond donors (Lipinski definition) is 1. The number of carboxylic acid groups (broad SMARTS) is 1. The van der Waals surface area contributed by atoms with Gasteiger partial charge in [0.2, 0.25) is 5.91 Å². The van der Waals surface area contributed by atoms with Gasteiger partial charge in [-0.3, -0.25) is 9.59 Å². The molecule has 1 aliphatic heterocycles. The third kappa shape index (κ3) is 6.64. The first-order chi connectivity index (χ1) is 17.2. The zero-order valence-corrected chi connectivity index (χ0v) is 20.9. The normalized spacial score (nSPS) is 16.3. The number of hydrogen-bond acceptors (Lipinski definition) is 3. The fourth-order valence-corrected chi connectivity index (χ4v) is 4.84. The standard InChI is InChI=1S/C29H29ClFNO4/c1-29(17-22-9-11-24(30)25(31)15-22)18-23-14-21(10-12-26(23)36-29)16-27(33)32(19-28(34)35)13-5-8-20-6-3-2-4-7-20/h2-4,6-7,9-12,14-15H,5,8,13,16-19H2,1H3,(H,34,35)/t29-/m0/s1. The molecule has 0 radical (unpaired) electrons. The lowest BCUT2D eigenvalue weighted by atomic mass is 9.91. The van der Waals surface area contributed by atoms with Crippen LogP contribution in [0.3, 0.4) is 0 Å². The van der Waals surface area contributed by atoms with Crippen LogP contribution in [-0.2, 0) is 35.3 Å². The summed E-state index contributed by atoms with van der Waals surface area (Å²) >= 11 is 5.80. The van der Waals surface area contributed by atoms with E-state index in [1.165, 1.54) is 11.0 Å². The number of rotatable bonds is 10. The summed E-state index contributed by atoms with van der Waals surface area (Å²) in [5.41, 5.74) is 3.19. The molecule has 0 aliphatic carbocycles. The molecule has 0 spiro atoms.